The molecule has 6 nitrogen and oxygen atoms in total. The van der Waals surface area contributed by atoms with Gasteiger partial charge in [-0.05, 0) is 54.3 Å². The van der Waals surface area contributed by atoms with Crippen LogP contribution in [0.1, 0.15) is 30.4 Å². The number of nitrogens with two attached hydrogens (primary N) is 1. The normalized spacial score (nSPS) is 15.7. The number of thiophene rings is 1. The standard InChI is InChI=1S/C24H28N4O2S/c1-18-16-26-28(17-18)11-8-22(29)27-12-9-24(10-13-27,23(25)30)15-19-5-2-3-6-20(19)21-7-4-14-31-21/h2-7,14,16-17H,8-13,15H2,1H3,(H2,25,30). The Bertz CT molecular complexity index is 1050. The maximum absolute atomic E-state index is 12.7. The number of benzene rings is 1. The maximum Gasteiger partial charge on any atom is 0.224 e. The van der Waals surface area contributed by atoms with Crippen molar-refractivity contribution in [3.63, 3.8) is 0 Å². The van der Waals surface area contributed by atoms with E-state index in [0.29, 0.717) is 45.3 Å². The van der Waals surface area contributed by atoms with Crippen molar-refractivity contribution >= 4 is 23.2 Å². The van der Waals surface area contributed by atoms with E-state index in [1.54, 1.807) is 22.2 Å². The molecule has 3 aromatic rings. The van der Waals surface area contributed by atoms with Crippen molar-refractivity contribution in [2.75, 3.05) is 13.1 Å². The molecule has 4 rings (SSSR count). The Morgan fingerprint density at radius 3 is 2.58 bits per heavy atom. The molecule has 1 aliphatic heterocycles. The summed E-state index contributed by atoms with van der Waals surface area (Å²) in [6.45, 7) is 3.66. The second-order valence-electron chi connectivity index (χ2n) is 8.37. The second kappa shape index (κ2) is 9.06. The number of primary amides is 1. The van der Waals surface area contributed by atoms with Gasteiger partial charge in [-0.25, -0.2) is 0 Å². The fourth-order valence-electron chi connectivity index (χ4n) is 4.36. The van der Waals surface area contributed by atoms with Gasteiger partial charge in [-0.1, -0.05) is 30.3 Å². The van der Waals surface area contributed by atoms with Gasteiger partial charge < -0.3 is 10.6 Å². The zero-order valence-corrected chi connectivity index (χ0v) is 18.6. The Balaban J connectivity index is 1.43. The van der Waals surface area contributed by atoms with Crippen molar-refractivity contribution < 1.29 is 9.59 Å². The van der Waals surface area contributed by atoms with Gasteiger partial charge in [-0.2, -0.15) is 5.10 Å². The van der Waals surface area contributed by atoms with Crippen molar-refractivity contribution in [1.29, 1.82) is 0 Å². The van der Waals surface area contributed by atoms with Crippen LogP contribution in [0.15, 0.2) is 54.2 Å². The molecule has 0 unspecified atom stereocenters. The number of likely N-dealkylation sites (tertiary alicyclic amines) is 1. The van der Waals surface area contributed by atoms with Crippen molar-refractivity contribution in [2.45, 2.75) is 39.2 Å². The number of nitrogens with zero attached hydrogens (tertiary/aromatic N) is 3. The minimum absolute atomic E-state index is 0.102. The van der Waals surface area contributed by atoms with Gasteiger partial charge in [-0.15, -0.1) is 11.3 Å². The summed E-state index contributed by atoms with van der Waals surface area (Å²) in [4.78, 5) is 28.3. The van der Waals surface area contributed by atoms with Crippen LogP contribution in [0.4, 0.5) is 0 Å². The van der Waals surface area contributed by atoms with E-state index in [4.69, 9.17) is 5.73 Å². The molecule has 1 fully saturated rings. The average molecular weight is 437 g/mol. The number of aromatic nitrogens is 2. The Hall–Kier alpha value is -2.93. The number of aryl methyl sites for hydroxylation is 2. The van der Waals surface area contributed by atoms with Gasteiger partial charge in [0.2, 0.25) is 11.8 Å². The lowest BCUT2D eigenvalue weighted by Gasteiger charge is -2.40. The van der Waals surface area contributed by atoms with E-state index in [0.717, 1.165) is 16.7 Å². The minimum atomic E-state index is -0.622. The lowest BCUT2D eigenvalue weighted by molar-refractivity contribution is -0.139. The number of piperidine rings is 1. The number of hydrogen-bond acceptors (Lipinski definition) is 4. The molecule has 1 aliphatic rings. The minimum Gasteiger partial charge on any atom is -0.369 e. The Morgan fingerprint density at radius 1 is 1.16 bits per heavy atom. The number of carbonyl (C=O) groups is 2. The first-order valence-electron chi connectivity index (χ1n) is 10.7. The lowest BCUT2D eigenvalue weighted by Crippen LogP contribution is -2.50. The molecule has 2 amide bonds. The van der Waals surface area contributed by atoms with E-state index in [1.165, 1.54) is 4.88 Å². The predicted octanol–water partition coefficient (Wildman–Crippen LogP) is 3.65. The molecule has 0 radical (unpaired) electrons. The van der Waals surface area contributed by atoms with Crippen LogP contribution in [0.2, 0.25) is 0 Å². The smallest absolute Gasteiger partial charge is 0.224 e. The molecule has 1 aromatic carbocycles. The predicted molar refractivity (Wildman–Crippen MR) is 122 cm³/mol. The van der Waals surface area contributed by atoms with Gasteiger partial charge in [0, 0.05) is 37.1 Å². The van der Waals surface area contributed by atoms with Gasteiger partial charge in [0.05, 0.1) is 11.6 Å². The molecule has 0 aliphatic carbocycles. The van der Waals surface area contributed by atoms with Crippen molar-refractivity contribution in [1.82, 2.24) is 14.7 Å². The average Bonchev–Trinajstić information content (AvgIpc) is 3.45. The number of hydrogen-bond donors (Lipinski definition) is 1. The largest absolute Gasteiger partial charge is 0.369 e. The van der Waals surface area contributed by atoms with Gasteiger partial charge in [0.15, 0.2) is 0 Å². The van der Waals surface area contributed by atoms with Crippen LogP contribution in [-0.2, 0) is 22.6 Å². The first-order valence-corrected chi connectivity index (χ1v) is 11.5. The van der Waals surface area contributed by atoms with Gasteiger partial charge in [0.25, 0.3) is 0 Å². The molecule has 0 atom stereocenters. The molecule has 0 bridgehead atoms. The number of amides is 2. The third-order valence-corrected chi connectivity index (χ3v) is 7.15. The van der Waals surface area contributed by atoms with Crippen LogP contribution >= 0.6 is 11.3 Å². The molecule has 0 saturated carbocycles. The first kappa shape index (κ1) is 21.3. The fraction of sp³-hybridized carbons (Fsp3) is 0.375. The second-order valence-corrected chi connectivity index (χ2v) is 9.32. The van der Waals surface area contributed by atoms with E-state index >= 15 is 0 Å². The highest BCUT2D eigenvalue weighted by Gasteiger charge is 2.41. The van der Waals surface area contributed by atoms with E-state index in [2.05, 4.69) is 28.7 Å². The lowest BCUT2D eigenvalue weighted by atomic mass is 9.72. The third kappa shape index (κ3) is 4.71. The summed E-state index contributed by atoms with van der Waals surface area (Å²) in [6.07, 6.45) is 5.92. The first-order chi connectivity index (χ1) is 15.0. The SMILES string of the molecule is Cc1cnn(CCC(=O)N2CCC(Cc3ccccc3-c3cccs3)(C(N)=O)CC2)c1. The zero-order valence-electron chi connectivity index (χ0n) is 17.8. The molecule has 162 valence electrons. The summed E-state index contributed by atoms with van der Waals surface area (Å²) in [5.74, 6) is -0.169. The molecule has 2 N–H and O–H groups in total. The van der Waals surface area contributed by atoms with Crippen LogP contribution in [0.25, 0.3) is 10.4 Å². The molecule has 3 heterocycles. The quantitative estimate of drug-likeness (QED) is 0.614. The van der Waals surface area contributed by atoms with Gasteiger partial charge in [0.1, 0.15) is 0 Å². The molecular formula is C24H28N4O2S. The van der Waals surface area contributed by atoms with Crippen LogP contribution in [0, 0.1) is 12.3 Å². The van der Waals surface area contributed by atoms with E-state index in [9.17, 15) is 9.59 Å². The summed E-state index contributed by atoms with van der Waals surface area (Å²) < 4.78 is 1.80. The maximum atomic E-state index is 12.7. The van der Waals surface area contributed by atoms with Crippen LogP contribution in [-0.4, -0.2) is 39.6 Å². The summed E-state index contributed by atoms with van der Waals surface area (Å²) in [5, 5.41) is 6.30. The Kier molecular flexibility index (Phi) is 6.23. The molecular weight excluding hydrogens is 408 g/mol. The van der Waals surface area contributed by atoms with Gasteiger partial charge in [-0.3, -0.25) is 14.3 Å². The highest BCUT2D eigenvalue weighted by molar-refractivity contribution is 7.13. The Labute approximate surface area is 186 Å². The van der Waals surface area contributed by atoms with Crippen LogP contribution in [0.3, 0.4) is 0 Å². The van der Waals surface area contributed by atoms with Crippen LogP contribution in [0.5, 0.6) is 0 Å². The molecule has 7 heteroatoms. The highest BCUT2D eigenvalue weighted by Crippen LogP contribution is 2.38. The van der Waals surface area contributed by atoms with E-state index in [1.807, 2.05) is 36.2 Å². The third-order valence-electron chi connectivity index (χ3n) is 6.25. The van der Waals surface area contributed by atoms with E-state index < -0.39 is 5.41 Å². The van der Waals surface area contributed by atoms with Gasteiger partial charge >= 0.3 is 0 Å². The van der Waals surface area contributed by atoms with E-state index in [-0.39, 0.29) is 11.8 Å². The number of carbonyl (C=O) groups excluding carboxylic acids is 2. The summed E-state index contributed by atoms with van der Waals surface area (Å²) >= 11 is 1.69. The summed E-state index contributed by atoms with van der Waals surface area (Å²) in [6, 6.07) is 12.4. The van der Waals surface area contributed by atoms with Crippen molar-refractivity contribution in [3.8, 4) is 10.4 Å². The Morgan fingerprint density at radius 2 is 1.94 bits per heavy atom. The topological polar surface area (TPSA) is 81.2 Å². The fourth-order valence-corrected chi connectivity index (χ4v) is 5.15. The number of rotatable bonds is 7. The summed E-state index contributed by atoms with van der Waals surface area (Å²) in [5.41, 5.74) is 8.68. The molecule has 31 heavy (non-hydrogen) atoms. The highest BCUT2D eigenvalue weighted by atomic mass is 32.1. The molecule has 2 aromatic heterocycles. The van der Waals surface area contributed by atoms with Crippen molar-refractivity contribution in [2.24, 2.45) is 11.1 Å². The van der Waals surface area contributed by atoms with Crippen LogP contribution < -0.4 is 5.73 Å². The van der Waals surface area contributed by atoms with Crippen molar-refractivity contribution in [3.05, 3.63) is 65.3 Å². The molecule has 1 saturated heterocycles. The molecule has 0 spiro atoms. The zero-order chi connectivity index (χ0) is 21.8. The summed E-state index contributed by atoms with van der Waals surface area (Å²) in [7, 11) is 0. The monoisotopic (exact) mass is 436 g/mol.